The maximum atomic E-state index is 6.12. The van der Waals surface area contributed by atoms with E-state index in [9.17, 15) is 0 Å². The third-order valence-electron chi connectivity index (χ3n) is 4.38. The topological polar surface area (TPSA) is 50.8 Å². The van der Waals surface area contributed by atoms with E-state index in [0.717, 1.165) is 26.2 Å². The van der Waals surface area contributed by atoms with Gasteiger partial charge in [0.25, 0.3) is 0 Å². The van der Waals surface area contributed by atoms with Crippen molar-refractivity contribution in [1.29, 1.82) is 0 Å². The molecule has 0 aromatic heterocycles. The highest BCUT2D eigenvalue weighted by molar-refractivity contribution is 5.78. The van der Waals surface area contributed by atoms with Gasteiger partial charge in [0.2, 0.25) is 0 Å². The van der Waals surface area contributed by atoms with Gasteiger partial charge in [-0.05, 0) is 37.5 Å². The molecule has 2 N–H and O–H groups in total. The molecule has 0 amide bonds. The van der Waals surface area contributed by atoms with Gasteiger partial charge in [-0.2, -0.15) is 0 Å². The average molecular weight is 267 g/mol. The Labute approximate surface area is 117 Å². The van der Waals surface area contributed by atoms with E-state index in [0.29, 0.717) is 17.3 Å². The highest BCUT2D eigenvalue weighted by Gasteiger charge is 2.28. The zero-order valence-electron chi connectivity index (χ0n) is 12.7. The Morgan fingerprint density at radius 2 is 2.26 bits per heavy atom. The first-order valence-corrected chi connectivity index (χ1v) is 7.63. The Bertz CT molecular complexity index is 327. The van der Waals surface area contributed by atoms with E-state index < -0.39 is 0 Å². The molecule has 110 valence electrons. The van der Waals surface area contributed by atoms with Crippen LogP contribution in [0.2, 0.25) is 0 Å². The van der Waals surface area contributed by atoms with E-state index in [-0.39, 0.29) is 6.10 Å². The Morgan fingerprint density at radius 3 is 2.95 bits per heavy atom. The first-order valence-electron chi connectivity index (χ1n) is 7.63. The number of hydrogen-bond acceptors (Lipinski definition) is 2. The van der Waals surface area contributed by atoms with Gasteiger partial charge in [0, 0.05) is 19.6 Å². The lowest BCUT2D eigenvalue weighted by molar-refractivity contribution is 0.00525. The van der Waals surface area contributed by atoms with Crippen molar-refractivity contribution in [1.82, 2.24) is 4.90 Å². The van der Waals surface area contributed by atoms with Crippen LogP contribution in [0.5, 0.6) is 0 Å². The number of hydrogen-bond donors (Lipinski definition) is 1. The SMILES string of the molecule is CC1CN(C(N)=NCC2CCCC(C)(C)C2)CCO1. The summed E-state index contributed by atoms with van der Waals surface area (Å²) in [4.78, 5) is 6.79. The van der Waals surface area contributed by atoms with Gasteiger partial charge in [-0.15, -0.1) is 0 Å². The van der Waals surface area contributed by atoms with Gasteiger partial charge >= 0.3 is 0 Å². The molecular weight excluding hydrogens is 238 g/mol. The summed E-state index contributed by atoms with van der Waals surface area (Å²) in [6.45, 7) is 10.2. The monoisotopic (exact) mass is 267 g/mol. The lowest BCUT2D eigenvalue weighted by atomic mass is 9.72. The van der Waals surface area contributed by atoms with Crippen LogP contribution in [-0.2, 0) is 4.74 Å². The van der Waals surface area contributed by atoms with E-state index in [1.54, 1.807) is 0 Å². The smallest absolute Gasteiger partial charge is 0.191 e. The lowest BCUT2D eigenvalue weighted by Crippen LogP contribution is -2.48. The molecule has 0 radical (unpaired) electrons. The normalized spacial score (nSPS) is 32.4. The van der Waals surface area contributed by atoms with Gasteiger partial charge in [-0.1, -0.05) is 20.3 Å². The van der Waals surface area contributed by atoms with Crippen LogP contribution in [0, 0.1) is 11.3 Å². The molecule has 1 aliphatic carbocycles. The van der Waals surface area contributed by atoms with Crippen molar-refractivity contribution in [3.05, 3.63) is 0 Å². The number of aliphatic imine (C=N–C) groups is 1. The number of morpholine rings is 1. The molecule has 2 unspecified atom stereocenters. The fourth-order valence-electron chi connectivity index (χ4n) is 3.36. The Morgan fingerprint density at radius 1 is 1.47 bits per heavy atom. The van der Waals surface area contributed by atoms with Crippen LogP contribution in [-0.4, -0.2) is 43.2 Å². The van der Waals surface area contributed by atoms with Gasteiger partial charge in [-0.3, -0.25) is 4.99 Å². The number of nitrogens with two attached hydrogens (primary N) is 1. The number of rotatable bonds is 2. The van der Waals surface area contributed by atoms with Crippen molar-refractivity contribution in [2.45, 2.75) is 52.6 Å². The van der Waals surface area contributed by atoms with Crippen LogP contribution in [0.15, 0.2) is 4.99 Å². The van der Waals surface area contributed by atoms with E-state index in [1.165, 1.54) is 25.7 Å². The maximum absolute atomic E-state index is 6.12. The first-order chi connectivity index (χ1) is 8.96. The fourth-order valence-corrected chi connectivity index (χ4v) is 3.36. The molecular formula is C15H29N3O. The Kier molecular flexibility index (Phi) is 4.71. The Balaban J connectivity index is 1.83. The van der Waals surface area contributed by atoms with Gasteiger partial charge in [-0.25, -0.2) is 0 Å². The van der Waals surface area contributed by atoms with Gasteiger partial charge in [0.1, 0.15) is 0 Å². The average Bonchev–Trinajstić information content (AvgIpc) is 2.35. The quantitative estimate of drug-likeness (QED) is 0.616. The molecule has 0 bridgehead atoms. The van der Waals surface area contributed by atoms with Crippen molar-refractivity contribution in [2.24, 2.45) is 22.1 Å². The van der Waals surface area contributed by atoms with Crippen molar-refractivity contribution < 1.29 is 4.74 Å². The minimum atomic E-state index is 0.260. The van der Waals surface area contributed by atoms with Crippen LogP contribution in [0.25, 0.3) is 0 Å². The Hall–Kier alpha value is -0.770. The van der Waals surface area contributed by atoms with Crippen LogP contribution in [0.1, 0.15) is 46.5 Å². The van der Waals surface area contributed by atoms with E-state index in [2.05, 4.69) is 30.7 Å². The fraction of sp³-hybridized carbons (Fsp3) is 0.933. The lowest BCUT2D eigenvalue weighted by Gasteiger charge is -2.35. The predicted molar refractivity (Wildman–Crippen MR) is 79.2 cm³/mol. The summed E-state index contributed by atoms with van der Waals surface area (Å²) in [6.07, 6.45) is 5.53. The third-order valence-corrected chi connectivity index (χ3v) is 4.38. The molecule has 2 fully saturated rings. The second-order valence-electron chi connectivity index (χ2n) is 6.95. The molecule has 0 aromatic rings. The summed E-state index contributed by atoms with van der Waals surface area (Å²) in [5.41, 5.74) is 6.60. The molecule has 2 rings (SSSR count). The van der Waals surface area contributed by atoms with E-state index >= 15 is 0 Å². The second kappa shape index (κ2) is 6.12. The van der Waals surface area contributed by atoms with Crippen LogP contribution < -0.4 is 5.73 Å². The largest absolute Gasteiger partial charge is 0.375 e. The zero-order chi connectivity index (χ0) is 13.9. The highest BCUT2D eigenvalue weighted by Crippen LogP contribution is 2.38. The van der Waals surface area contributed by atoms with Crippen molar-refractivity contribution >= 4 is 5.96 Å². The zero-order valence-corrected chi connectivity index (χ0v) is 12.7. The number of ether oxygens (including phenoxy) is 1. The molecule has 19 heavy (non-hydrogen) atoms. The summed E-state index contributed by atoms with van der Waals surface area (Å²) < 4.78 is 5.53. The highest BCUT2D eigenvalue weighted by atomic mass is 16.5. The van der Waals surface area contributed by atoms with Gasteiger partial charge < -0.3 is 15.4 Å². The number of guanidine groups is 1. The summed E-state index contributed by atoms with van der Waals surface area (Å²) in [7, 11) is 0. The molecule has 1 heterocycles. The number of nitrogens with zero attached hydrogens (tertiary/aromatic N) is 2. The molecule has 1 saturated carbocycles. The maximum Gasteiger partial charge on any atom is 0.191 e. The second-order valence-corrected chi connectivity index (χ2v) is 6.95. The molecule has 1 saturated heterocycles. The van der Waals surface area contributed by atoms with Crippen LogP contribution >= 0.6 is 0 Å². The molecule has 1 aliphatic heterocycles. The summed E-state index contributed by atoms with van der Waals surface area (Å²) in [6, 6.07) is 0. The van der Waals surface area contributed by atoms with Gasteiger partial charge in [0.05, 0.1) is 12.7 Å². The van der Waals surface area contributed by atoms with Crippen LogP contribution in [0.3, 0.4) is 0 Å². The first kappa shape index (κ1) is 14.6. The minimum absolute atomic E-state index is 0.260. The summed E-state index contributed by atoms with van der Waals surface area (Å²) >= 11 is 0. The van der Waals surface area contributed by atoms with Crippen molar-refractivity contribution in [3.8, 4) is 0 Å². The summed E-state index contributed by atoms with van der Waals surface area (Å²) in [5.74, 6) is 1.42. The standard InChI is InChI=1S/C15H29N3O/c1-12-11-18(7-8-19-12)14(16)17-10-13-5-4-6-15(2,3)9-13/h12-13H,4-11H2,1-3H3,(H2,16,17). The minimum Gasteiger partial charge on any atom is -0.375 e. The van der Waals surface area contributed by atoms with Gasteiger partial charge in [0.15, 0.2) is 5.96 Å². The van der Waals surface area contributed by atoms with Crippen LogP contribution in [0.4, 0.5) is 0 Å². The van der Waals surface area contributed by atoms with E-state index in [4.69, 9.17) is 10.5 Å². The van der Waals surface area contributed by atoms with E-state index in [1.807, 2.05) is 0 Å². The molecule has 2 atom stereocenters. The summed E-state index contributed by atoms with van der Waals surface area (Å²) in [5, 5.41) is 0. The van der Waals surface area contributed by atoms with Crippen molar-refractivity contribution in [2.75, 3.05) is 26.2 Å². The molecule has 4 heteroatoms. The molecule has 2 aliphatic rings. The molecule has 4 nitrogen and oxygen atoms in total. The third kappa shape index (κ3) is 4.37. The molecule has 0 spiro atoms. The van der Waals surface area contributed by atoms with Crippen molar-refractivity contribution in [3.63, 3.8) is 0 Å². The molecule has 0 aromatic carbocycles. The predicted octanol–water partition coefficient (Wildman–Crippen LogP) is 2.24.